The van der Waals surface area contributed by atoms with Gasteiger partial charge in [0, 0.05) is 37.0 Å². The number of para-hydroxylation sites is 2. The Morgan fingerprint density at radius 1 is 1.09 bits per heavy atom. The lowest BCUT2D eigenvalue weighted by Crippen LogP contribution is -2.28. The van der Waals surface area contributed by atoms with Gasteiger partial charge in [-0.2, -0.15) is 0 Å². The van der Waals surface area contributed by atoms with Crippen LogP contribution in [-0.2, 0) is 11.2 Å². The van der Waals surface area contributed by atoms with E-state index in [1.165, 1.54) is 0 Å². The van der Waals surface area contributed by atoms with Gasteiger partial charge in [0.1, 0.15) is 17.1 Å². The molecule has 0 atom stereocenters. The highest BCUT2D eigenvalue weighted by molar-refractivity contribution is 5.84. The molecule has 0 spiro atoms. The Balaban J connectivity index is 1.13. The third-order valence-electron chi connectivity index (χ3n) is 5.87. The van der Waals surface area contributed by atoms with Gasteiger partial charge in [-0.3, -0.25) is 19.1 Å². The fourth-order valence-electron chi connectivity index (χ4n) is 4.07. The number of pyridine rings is 1. The Bertz CT molecular complexity index is 1360. The molecule has 7 nitrogen and oxygen atoms in total. The molecule has 1 aliphatic rings. The van der Waals surface area contributed by atoms with Crippen LogP contribution in [0.25, 0.3) is 21.8 Å². The van der Waals surface area contributed by atoms with E-state index in [1.54, 1.807) is 10.8 Å². The molecule has 2 heterocycles. The highest BCUT2D eigenvalue weighted by Crippen LogP contribution is 2.34. The first-order chi connectivity index (χ1) is 16.2. The number of rotatable bonds is 9. The number of hydrogen-bond acceptors (Lipinski definition) is 5. The average molecular weight is 443 g/mol. The van der Waals surface area contributed by atoms with Crippen molar-refractivity contribution in [3.63, 3.8) is 0 Å². The largest absolute Gasteiger partial charge is 0.491 e. The van der Waals surface area contributed by atoms with Gasteiger partial charge in [-0.15, -0.1) is 0 Å². The number of amides is 1. The van der Waals surface area contributed by atoms with E-state index in [0.717, 1.165) is 29.5 Å². The molecule has 1 fully saturated rings. The summed E-state index contributed by atoms with van der Waals surface area (Å²) in [5.74, 6) is 1.40. The monoisotopic (exact) mass is 442 g/mol. The van der Waals surface area contributed by atoms with Crippen LogP contribution in [-0.4, -0.2) is 33.6 Å². The van der Waals surface area contributed by atoms with Crippen molar-refractivity contribution < 1.29 is 9.53 Å². The predicted octanol–water partition coefficient (Wildman–Crippen LogP) is 3.80. The molecule has 0 radical (unpaired) electrons. The molecule has 0 aliphatic heterocycles. The zero-order valence-electron chi connectivity index (χ0n) is 18.4. The van der Waals surface area contributed by atoms with Crippen LogP contribution in [0.15, 0.2) is 65.6 Å². The summed E-state index contributed by atoms with van der Waals surface area (Å²) < 4.78 is 7.66. The third kappa shape index (κ3) is 4.72. The molecule has 2 aromatic heterocycles. The normalized spacial score (nSPS) is 13.3. The Hall–Kier alpha value is -3.74. The second-order valence-corrected chi connectivity index (χ2v) is 8.33. The van der Waals surface area contributed by atoms with E-state index in [0.29, 0.717) is 49.1 Å². The zero-order chi connectivity index (χ0) is 22.6. The van der Waals surface area contributed by atoms with Crippen LogP contribution >= 0.6 is 0 Å². The van der Waals surface area contributed by atoms with E-state index in [9.17, 15) is 9.59 Å². The Kier molecular flexibility index (Phi) is 6.02. The van der Waals surface area contributed by atoms with Gasteiger partial charge in [-0.1, -0.05) is 30.3 Å². The van der Waals surface area contributed by atoms with Crippen molar-refractivity contribution in [2.45, 2.75) is 38.1 Å². The predicted molar refractivity (Wildman–Crippen MR) is 127 cm³/mol. The molecular weight excluding hydrogens is 416 g/mol. The van der Waals surface area contributed by atoms with Crippen molar-refractivity contribution >= 4 is 27.7 Å². The number of hydrogen-bond donors (Lipinski definition) is 1. The van der Waals surface area contributed by atoms with Crippen molar-refractivity contribution in [1.82, 2.24) is 19.9 Å². The lowest BCUT2D eigenvalue weighted by molar-refractivity contribution is -0.121. The lowest BCUT2D eigenvalue weighted by atomic mass is 10.2. The molecule has 1 N–H and O–H groups in total. The summed E-state index contributed by atoms with van der Waals surface area (Å²) in [6.45, 7) is 1.01. The number of benzene rings is 2. The van der Waals surface area contributed by atoms with Crippen LogP contribution in [0.3, 0.4) is 0 Å². The van der Waals surface area contributed by atoms with Crippen molar-refractivity contribution in [3.8, 4) is 5.75 Å². The summed E-state index contributed by atoms with van der Waals surface area (Å²) in [6, 6.07) is 17.4. The quantitative estimate of drug-likeness (QED) is 0.399. The van der Waals surface area contributed by atoms with E-state index in [4.69, 9.17) is 9.72 Å². The smallest absolute Gasteiger partial charge is 0.261 e. The number of aryl methyl sites for hydroxylation is 1. The summed E-state index contributed by atoms with van der Waals surface area (Å²) in [6.07, 6.45) is 5.17. The molecule has 1 aliphatic carbocycles. The number of ether oxygens (including phenoxy) is 1. The number of carbonyl (C=O) groups excluding carboxylic acids is 1. The minimum atomic E-state index is -0.0495. The summed E-state index contributed by atoms with van der Waals surface area (Å²) in [7, 11) is 0. The van der Waals surface area contributed by atoms with Crippen LogP contribution < -0.4 is 15.6 Å². The van der Waals surface area contributed by atoms with Crippen LogP contribution in [0.4, 0.5) is 0 Å². The minimum absolute atomic E-state index is 0.00131. The Morgan fingerprint density at radius 3 is 2.82 bits per heavy atom. The fourth-order valence-corrected chi connectivity index (χ4v) is 4.07. The minimum Gasteiger partial charge on any atom is -0.491 e. The van der Waals surface area contributed by atoms with Gasteiger partial charge in [0.25, 0.3) is 5.56 Å². The maximum atomic E-state index is 12.9. The van der Waals surface area contributed by atoms with E-state index < -0.39 is 0 Å². The first kappa shape index (κ1) is 21.1. The molecule has 1 saturated carbocycles. The van der Waals surface area contributed by atoms with Crippen LogP contribution in [0, 0.1) is 0 Å². The fraction of sp³-hybridized carbons (Fsp3) is 0.308. The van der Waals surface area contributed by atoms with Crippen molar-refractivity contribution in [3.05, 3.63) is 77.0 Å². The maximum Gasteiger partial charge on any atom is 0.261 e. The van der Waals surface area contributed by atoms with E-state index >= 15 is 0 Å². The number of nitrogens with zero attached hydrogens (tertiary/aromatic N) is 3. The van der Waals surface area contributed by atoms with E-state index in [-0.39, 0.29) is 17.5 Å². The summed E-state index contributed by atoms with van der Waals surface area (Å²) in [4.78, 5) is 34.4. The Labute approximate surface area is 191 Å². The second-order valence-electron chi connectivity index (χ2n) is 8.33. The van der Waals surface area contributed by atoms with Gasteiger partial charge in [0.15, 0.2) is 0 Å². The highest BCUT2D eigenvalue weighted by Gasteiger charge is 2.28. The SMILES string of the molecule is O=C(CCc1nc2ccccc2c(=O)n1C1CC1)NCCCOc1cccc2cccnc12. The molecule has 0 bridgehead atoms. The average Bonchev–Trinajstić information content (AvgIpc) is 3.68. The number of aromatic nitrogens is 3. The van der Waals surface area contributed by atoms with E-state index in [1.807, 2.05) is 54.6 Å². The maximum absolute atomic E-state index is 12.9. The second kappa shape index (κ2) is 9.40. The van der Waals surface area contributed by atoms with Crippen molar-refractivity contribution in [2.75, 3.05) is 13.2 Å². The standard InChI is InChI=1S/C26H26N4O3/c31-24(27-16-5-17-33-22-10-3-6-18-7-4-15-28-25(18)22)14-13-23-29-21-9-2-1-8-20(21)26(32)30(23)19-11-12-19/h1-4,6-10,15,19H,5,11-14,16-17H2,(H,27,31). The van der Waals surface area contributed by atoms with Crippen LogP contribution in [0.1, 0.15) is 37.5 Å². The lowest BCUT2D eigenvalue weighted by Gasteiger charge is -2.13. The van der Waals surface area contributed by atoms with Crippen molar-refractivity contribution in [2.24, 2.45) is 0 Å². The molecule has 4 aromatic rings. The van der Waals surface area contributed by atoms with Crippen LogP contribution in [0.2, 0.25) is 0 Å². The third-order valence-corrected chi connectivity index (χ3v) is 5.87. The van der Waals surface area contributed by atoms with E-state index in [2.05, 4.69) is 10.3 Å². The number of fused-ring (bicyclic) bond motifs is 2. The van der Waals surface area contributed by atoms with Gasteiger partial charge in [0.2, 0.25) is 5.91 Å². The first-order valence-electron chi connectivity index (χ1n) is 11.4. The molecule has 7 heteroatoms. The van der Waals surface area contributed by atoms with Crippen molar-refractivity contribution in [1.29, 1.82) is 0 Å². The number of carbonyl (C=O) groups is 1. The molecule has 33 heavy (non-hydrogen) atoms. The zero-order valence-corrected chi connectivity index (χ0v) is 18.4. The molecule has 1 amide bonds. The van der Waals surface area contributed by atoms with Gasteiger partial charge >= 0.3 is 0 Å². The molecular formula is C26H26N4O3. The summed E-state index contributed by atoms with van der Waals surface area (Å²) in [5, 5.41) is 4.62. The topological polar surface area (TPSA) is 86.1 Å². The first-order valence-corrected chi connectivity index (χ1v) is 11.4. The summed E-state index contributed by atoms with van der Waals surface area (Å²) >= 11 is 0. The molecule has 2 aromatic carbocycles. The summed E-state index contributed by atoms with van der Waals surface area (Å²) in [5.41, 5.74) is 1.53. The number of nitrogens with one attached hydrogen (secondary N) is 1. The molecule has 168 valence electrons. The molecule has 0 unspecified atom stereocenters. The van der Waals surface area contributed by atoms with Gasteiger partial charge in [0.05, 0.1) is 17.5 Å². The Morgan fingerprint density at radius 2 is 1.94 bits per heavy atom. The van der Waals surface area contributed by atoms with Gasteiger partial charge in [-0.25, -0.2) is 4.98 Å². The van der Waals surface area contributed by atoms with Gasteiger partial charge < -0.3 is 10.1 Å². The molecule has 0 saturated heterocycles. The highest BCUT2D eigenvalue weighted by atomic mass is 16.5. The van der Waals surface area contributed by atoms with Crippen LogP contribution in [0.5, 0.6) is 5.75 Å². The molecule has 5 rings (SSSR count). The van der Waals surface area contributed by atoms with Gasteiger partial charge in [-0.05, 0) is 43.5 Å².